The molecule has 9 nitrogen and oxygen atoms in total. The Balaban J connectivity index is 2.14. The van der Waals surface area contributed by atoms with E-state index in [1.807, 2.05) is 0 Å². The minimum atomic E-state index is -1.26. The quantitative estimate of drug-likeness (QED) is 0.531. The third kappa shape index (κ3) is 1.93. The van der Waals surface area contributed by atoms with E-state index in [4.69, 9.17) is 22.1 Å². The van der Waals surface area contributed by atoms with Gasteiger partial charge in [-0.2, -0.15) is 0 Å². The van der Waals surface area contributed by atoms with Crippen LogP contribution in [-0.4, -0.2) is 54.8 Å². The molecule has 1 aliphatic heterocycles. The fourth-order valence-corrected chi connectivity index (χ4v) is 2.48. The van der Waals surface area contributed by atoms with Crippen LogP contribution in [0.3, 0.4) is 0 Å². The van der Waals surface area contributed by atoms with Crippen molar-refractivity contribution in [3.8, 4) is 0 Å². The lowest BCUT2D eigenvalue weighted by Crippen LogP contribution is -2.33. The highest BCUT2D eigenvalue weighted by Gasteiger charge is 2.44. The summed E-state index contributed by atoms with van der Waals surface area (Å²) in [6.45, 7) is 6.75. The van der Waals surface area contributed by atoms with Gasteiger partial charge >= 0.3 is 0 Å². The lowest BCUT2D eigenvalue weighted by atomic mass is 10.1. The number of nitrogens with two attached hydrogens (primary N) is 1. The highest BCUT2D eigenvalue weighted by Crippen LogP contribution is 2.37. The lowest BCUT2D eigenvalue weighted by Gasteiger charge is -2.17. The van der Waals surface area contributed by atoms with Crippen LogP contribution in [0.15, 0.2) is 12.5 Å². The van der Waals surface area contributed by atoms with Gasteiger partial charge in [-0.3, -0.25) is 0 Å². The Kier molecular flexibility index (Phi) is 3.23. The molecule has 2 aromatic heterocycles. The van der Waals surface area contributed by atoms with Gasteiger partial charge in [0.1, 0.15) is 36.1 Å². The number of anilines is 1. The van der Waals surface area contributed by atoms with Crippen LogP contribution in [0.4, 0.5) is 11.5 Å². The molecule has 4 atom stereocenters. The van der Waals surface area contributed by atoms with Crippen LogP contribution in [0.25, 0.3) is 15.9 Å². The van der Waals surface area contributed by atoms with Gasteiger partial charge in [0.15, 0.2) is 6.23 Å². The molecule has 0 spiro atoms. The minimum absolute atomic E-state index is 0.150. The van der Waals surface area contributed by atoms with E-state index in [0.717, 1.165) is 0 Å². The maximum absolute atomic E-state index is 10.1. The van der Waals surface area contributed by atoms with Gasteiger partial charge in [-0.1, -0.05) is 0 Å². The second kappa shape index (κ2) is 4.94. The van der Waals surface area contributed by atoms with E-state index in [2.05, 4.69) is 14.8 Å². The third-order valence-electron chi connectivity index (χ3n) is 3.53. The van der Waals surface area contributed by atoms with E-state index in [0.29, 0.717) is 11.0 Å². The molecular formula is C12H13N5O4. The molecular weight excluding hydrogens is 278 g/mol. The van der Waals surface area contributed by atoms with Gasteiger partial charge in [0, 0.05) is 6.20 Å². The summed E-state index contributed by atoms with van der Waals surface area (Å²) >= 11 is 0. The van der Waals surface area contributed by atoms with Gasteiger partial charge in [0.2, 0.25) is 5.69 Å². The Morgan fingerprint density at radius 2 is 2.14 bits per heavy atom. The fourth-order valence-electron chi connectivity index (χ4n) is 2.48. The van der Waals surface area contributed by atoms with Gasteiger partial charge in [0.25, 0.3) is 0 Å². The zero-order valence-corrected chi connectivity index (χ0v) is 10.8. The molecule has 3 rings (SSSR count). The maximum Gasteiger partial charge on any atom is 0.217 e. The Morgan fingerprint density at radius 1 is 1.38 bits per heavy atom. The number of hydrogen-bond donors (Lipinski definition) is 4. The van der Waals surface area contributed by atoms with Crippen LogP contribution >= 0.6 is 0 Å². The van der Waals surface area contributed by atoms with Gasteiger partial charge in [0.05, 0.1) is 18.6 Å². The van der Waals surface area contributed by atoms with E-state index in [1.165, 1.54) is 17.1 Å². The van der Waals surface area contributed by atoms with Crippen LogP contribution in [-0.2, 0) is 4.74 Å². The van der Waals surface area contributed by atoms with Crippen molar-refractivity contribution in [1.29, 1.82) is 0 Å². The molecule has 2 unspecified atom stereocenters. The number of aliphatic hydroxyl groups excluding tert-OH is 3. The van der Waals surface area contributed by atoms with Crippen LogP contribution in [0.1, 0.15) is 6.23 Å². The molecule has 110 valence electrons. The molecule has 5 N–H and O–H groups in total. The first-order valence-corrected chi connectivity index (χ1v) is 6.19. The normalized spacial score (nSPS) is 28.9. The van der Waals surface area contributed by atoms with Crippen LogP contribution in [0.2, 0.25) is 0 Å². The van der Waals surface area contributed by atoms with Crippen molar-refractivity contribution in [2.75, 3.05) is 12.3 Å². The van der Waals surface area contributed by atoms with E-state index in [9.17, 15) is 10.2 Å². The Bertz CT molecular complexity index is 724. The number of nitrogen functional groups attached to an aromatic ring is 1. The summed E-state index contributed by atoms with van der Waals surface area (Å²) < 4.78 is 6.86. The highest BCUT2D eigenvalue weighted by atomic mass is 16.6. The SMILES string of the molecule is [C-]#[N+]c1cn([C@@H]2OC(CO)C(O)[C@H]2O)c2ncnc(N)c12. The lowest BCUT2D eigenvalue weighted by molar-refractivity contribution is -0.0508. The first-order chi connectivity index (χ1) is 10.1. The van der Waals surface area contributed by atoms with Gasteiger partial charge in [-0.05, 0) is 0 Å². The molecule has 1 saturated heterocycles. The van der Waals surface area contributed by atoms with Crippen molar-refractivity contribution in [1.82, 2.24) is 14.5 Å². The summed E-state index contributed by atoms with van der Waals surface area (Å²) in [6.07, 6.45) is -1.69. The molecule has 0 bridgehead atoms. The first-order valence-electron chi connectivity index (χ1n) is 6.19. The molecule has 2 aromatic rings. The molecule has 1 fully saturated rings. The highest BCUT2D eigenvalue weighted by molar-refractivity contribution is 5.98. The molecule has 0 aromatic carbocycles. The maximum atomic E-state index is 10.1. The zero-order valence-electron chi connectivity index (χ0n) is 10.8. The van der Waals surface area contributed by atoms with Crippen molar-refractivity contribution in [2.45, 2.75) is 24.5 Å². The second-order valence-corrected chi connectivity index (χ2v) is 4.72. The summed E-state index contributed by atoms with van der Waals surface area (Å²) in [5.41, 5.74) is 6.31. The average Bonchev–Trinajstić information content (AvgIpc) is 2.99. The number of ether oxygens (including phenoxy) is 1. The van der Waals surface area contributed by atoms with Crippen molar-refractivity contribution < 1.29 is 20.1 Å². The molecule has 0 saturated carbocycles. The number of rotatable bonds is 2. The molecule has 9 heteroatoms. The van der Waals surface area contributed by atoms with Crippen molar-refractivity contribution in [3.63, 3.8) is 0 Å². The summed E-state index contributed by atoms with van der Waals surface area (Å²) in [6, 6.07) is 0. The summed E-state index contributed by atoms with van der Waals surface area (Å²) in [7, 11) is 0. The molecule has 21 heavy (non-hydrogen) atoms. The van der Waals surface area contributed by atoms with Crippen molar-refractivity contribution in [3.05, 3.63) is 23.9 Å². The number of aliphatic hydroxyl groups is 3. The minimum Gasteiger partial charge on any atom is -0.394 e. The number of fused-ring (bicyclic) bond motifs is 1. The molecule has 0 amide bonds. The van der Waals surface area contributed by atoms with E-state index >= 15 is 0 Å². The molecule has 3 heterocycles. The first kappa shape index (κ1) is 13.7. The van der Waals surface area contributed by atoms with Crippen LogP contribution < -0.4 is 5.73 Å². The van der Waals surface area contributed by atoms with E-state index in [-0.39, 0.29) is 11.5 Å². The summed E-state index contributed by atoms with van der Waals surface area (Å²) in [5.74, 6) is 0.150. The largest absolute Gasteiger partial charge is 0.394 e. The molecule has 0 radical (unpaired) electrons. The Hall–Kier alpha value is -2.25. The number of aromatic nitrogens is 3. The number of hydrogen-bond acceptors (Lipinski definition) is 7. The van der Waals surface area contributed by atoms with Crippen molar-refractivity contribution in [2.24, 2.45) is 0 Å². The summed E-state index contributed by atoms with van der Waals surface area (Å²) in [5, 5.41) is 29.4. The standard InChI is InChI=1S/C12H13N5O4/c1-14-5-2-17(11-7(5)10(13)15-4-16-11)12-9(20)8(19)6(3-18)21-12/h2,4,6,8-9,12,18-20H,3H2,(H2,13,15,16)/t6?,8?,9-,12-/m1/s1. The predicted molar refractivity (Wildman–Crippen MR) is 71.2 cm³/mol. The zero-order chi connectivity index (χ0) is 15.1. The Labute approximate surface area is 119 Å². The van der Waals surface area contributed by atoms with Gasteiger partial charge in [-0.25, -0.2) is 14.8 Å². The van der Waals surface area contributed by atoms with E-state index < -0.39 is 31.1 Å². The van der Waals surface area contributed by atoms with Crippen molar-refractivity contribution >= 4 is 22.5 Å². The monoisotopic (exact) mass is 291 g/mol. The topological polar surface area (TPSA) is 131 Å². The predicted octanol–water partition coefficient (Wildman–Crippen LogP) is -0.824. The Morgan fingerprint density at radius 3 is 2.76 bits per heavy atom. The average molecular weight is 291 g/mol. The summed E-state index contributed by atoms with van der Waals surface area (Å²) in [4.78, 5) is 11.3. The third-order valence-corrected chi connectivity index (χ3v) is 3.53. The van der Waals surface area contributed by atoms with Gasteiger partial charge < -0.3 is 30.4 Å². The molecule has 0 aliphatic carbocycles. The van der Waals surface area contributed by atoms with Crippen LogP contribution in [0.5, 0.6) is 0 Å². The van der Waals surface area contributed by atoms with E-state index in [1.54, 1.807) is 0 Å². The van der Waals surface area contributed by atoms with Gasteiger partial charge in [-0.15, -0.1) is 0 Å². The second-order valence-electron chi connectivity index (χ2n) is 4.72. The number of nitrogens with zero attached hydrogens (tertiary/aromatic N) is 4. The fraction of sp³-hybridized carbons (Fsp3) is 0.417. The molecule has 1 aliphatic rings. The smallest absolute Gasteiger partial charge is 0.217 e. The van der Waals surface area contributed by atoms with Crippen LogP contribution in [0, 0.1) is 6.57 Å².